The van der Waals surface area contributed by atoms with Gasteiger partial charge < -0.3 is 15.2 Å². The number of hydrogen-bond donors (Lipinski definition) is 2. The van der Waals surface area contributed by atoms with E-state index < -0.39 is 50.6 Å². The fourth-order valence-corrected chi connectivity index (χ4v) is 7.00. The van der Waals surface area contributed by atoms with Crippen LogP contribution in [0.5, 0.6) is 5.75 Å². The van der Waals surface area contributed by atoms with Gasteiger partial charge in [-0.25, -0.2) is 35.7 Å². The fourth-order valence-electron chi connectivity index (χ4n) is 5.93. The number of sulfonamides is 1. The third-order valence-electron chi connectivity index (χ3n) is 8.10. The van der Waals surface area contributed by atoms with Crippen molar-refractivity contribution >= 4 is 55.3 Å². The van der Waals surface area contributed by atoms with E-state index in [1.807, 2.05) is 0 Å². The lowest BCUT2D eigenvalue weighted by atomic mass is 10.0. The van der Waals surface area contributed by atoms with Crippen LogP contribution in [0.15, 0.2) is 77.6 Å². The Morgan fingerprint density at radius 1 is 1.02 bits per heavy atom. The molecule has 0 spiro atoms. The van der Waals surface area contributed by atoms with E-state index in [0.717, 1.165) is 33.3 Å². The van der Waals surface area contributed by atoms with Crippen molar-refractivity contribution in [2.75, 3.05) is 17.7 Å². The van der Waals surface area contributed by atoms with Crippen LogP contribution in [0.2, 0.25) is 5.02 Å². The first-order valence-corrected chi connectivity index (χ1v) is 17.3. The molecule has 4 aromatic carbocycles. The van der Waals surface area contributed by atoms with Crippen LogP contribution in [0.3, 0.4) is 0 Å². The minimum atomic E-state index is -4.02. The molecule has 0 aliphatic carbocycles. The summed E-state index contributed by atoms with van der Waals surface area (Å²) < 4.78 is 78.8. The first-order valence-electron chi connectivity index (χ1n) is 15.1. The van der Waals surface area contributed by atoms with Crippen LogP contribution in [-0.4, -0.2) is 52.3 Å². The first-order chi connectivity index (χ1) is 24.2. The van der Waals surface area contributed by atoms with Crippen LogP contribution in [-0.2, 0) is 30.0 Å². The summed E-state index contributed by atoms with van der Waals surface area (Å²) in [6.07, 6.45) is -0.945. The van der Waals surface area contributed by atoms with Gasteiger partial charge in [0.05, 0.1) is 53.1 Å². The summed E-state index contributed by atoms with van der Waals surface area (Å²) in [6.45, 7) is -0.168. The number of aryl methyl sites for hydroxylation is 1. The van der Waals surface area contributed by atoms with Crippen LogP contribution < -0.4 is 19.9 Å². The number of carboxylic acid groups (broad SMARTS) is 1. The Morgan fingerprint density at radius 2 is 1.71 bits per heavy atom. The van der Waals surface area contributed by atoms with Gasteiger partial charge in [-0.3, -0.25) is 14.0 Å². The van der Waals surface area contributed by atoms with Gasteiger partial charge in [0.1, 0.15) is 34.4 Å². The van der Waals surface area contributed by atoms with E-state index in [4.69, 9.17) is 16.3 Å². The minimum Gasteiger partial charge on any atom is -0.497 e. The van der Waals surface area contributed by atoms with Gasteiger partial charge in [-0.05, 0) is 59.7 Å². The molecule has 6 aromatic rings. The van der Waals surface area contributed by atoms with Crippen molar-refractivity contribution in [3.63, 3.8) is 0 Å². The number of fused-ring (bicyclic) bond motifs is 2. The molecule has 0 saturated carbocycles. The van der Waals surface area contributed by atoms with Crippen molar-refractivity contribution in [2.24, 2.45) is 7.05 Å². The van der Waals surface area contributed by atoms with Gasteiger partial charge in [0.25, 0.3) is 5.56 Å². The van der Waals surface area contributed by atoms with Gasteiger partial charge in [-0.1, -0.05) is 29.8 Å². The molecule has 17 heteroatoms. The highest BCUT2D eigenvalue weighted by Gasteiger charge is 2.30. The Bertz CT molecular complexity index is 2490. The zero-order valence-corrected chi connectivity index (χ0v) is 28.6. The maximum absolute atomic E-state index is 15.3. The van der Waals surface area contributed by atoms with Gasteiger partial charge in [-0.15, -0.1) is 0 Å². The number of nitrogens with one attached hydrogen (secondary N) is 1. The molecule has 0 aliphatic rings. The Morgan fingerprint density at radius 3 is 2.33 bits per heavy atom. The summed E-state index contributed by atoms with van der Waals surface area (Å²) in [5.74, 6) is -2.56. The standard InChI is InChI=1S/C34H28ClF3N6O6S/c1-42-30-27(12-11-23(35)28(30)32(41-42)43(51(3,48)49)17-18-7-9-22(50-2)10-8-18)44-31(39-25-6-4-5-24(38)29(25)33(44)45)26(40-34(46)47)15-19-13-20(36)16-21(37)14-19/h4-14,16,26,40H,15,17H2,1-3H3,(H,46,47). The molecule has 1 atom stereocenters. The highest BCUT2D eigenvalue weighted by Crippen LogP contribution is 2.38. The summed E-state index contributed by atoms with van der Waals surface area (Å²) in [5, 5.41) is 16.3. The maximum Gasteiger partial charge on any atom is 0.405 e. The molecule has 1 amide bonds. The average molecular weight is 741 g/mol. The third-order valence-corrected chi connectivity index (χ3v) is 9.52. The Labute approximate surface area is 293 Å². The summed E-state index contributed by atoms with van der Waals surface area (Å²) in [7, 11) is -1.05. The molecule has 0 radical (unpaired) electrons. The van der Waals surface area contributed by atoms with Crippen molar-refractivity contribution in [3.05, 3.63) is 123 Å². The van der Waals surface area contributed by atoms with E-state index in [2.05, 4.69) is 15.4 Å². The number of ether oxygens (including phenoxy) is 1. The van der Waals surface area contributed by atoms with E-state index in [0.29, 0.717) is 17.4 Å². The van der Waals surface area contributed by atoms with Crippen LogP contribution in [0.1, 0.15) is 23.0 Å². The molecule has 0 fully saturated rings. The molecular formula is C34H28ClF3N6O6S. The van der Waals surface area contributed by atoms with Gasteiger partial charge in [-0.2, -0.15) is 5.10 Å². The lowest BCUT2D eigenvalue weighted by Crippen LogP contribution is -2.35. The lowest BCUT2D eigenvalue weighted by Gasteiger charge is -2.23. The van der Waals surface area contributed by atoms with E-state index in [-0.39, 0.29) is 57.3 Å². The van der Waals surface area contributed by atoms with E-state index in [1.54, 1.807) is 24.3 Å². The van der Waals surface area contributed by atoms with Crippen molar-refractivity contribution in [2.45, 2.75) is 19.0 Å². The highest BCUT2D eigenvalue weighted by atomic mass is 35.5. The van der Waals surface area contributed by atoms with Gasteiger partial charge in [0.15, 0.2) is 5.82 Å². The van der Waals surface area contributed by atoms with E-state index >= 15 is 4.39 Å². The van der Waals surface area contributed by atoms with Gasteiger partial charge >= 0.3 is 6.09 Å². The first kappa shape index (κ1) is 35.2. The normalized spacial score (nSPS) is 12.3. The Balaban J connectivity index is 1.63. The van der Waals surface area contributed by atoms with Crippen molar-refractivity contribution in [1.82, 2.24) is 24.6 Å². The number of nitrogens with zero attached hydrogens (tertiary/aromatic N) is 5. The molecule has 0 saturated heterocycles. The molecule has 264 valence electrons. The molecule has 2 N–H and O–H groups in total. The zero-order chi connectivity index (χ0) is 36.8. The SMILES string of the molecule is COc1ccc(CN(c2nn(C)c3c(-n4c(C(Cc5cc(F)cc(F)c5)NC(=O)O)nc5cccc(F)c5c4=O)ccc(Cl)c23)S(C)(=O)=O)cc1. The smallest absolute Gasteiger partial charge is 0.405 e. The second-order valence-electron chi connectivity index (χ2n) is 11.6. The van der Waals surface area contributed by atoms with Gasteiger partial charge in [0, 0.05) is 19.5 Å². The zero-order valence-electron chi connectivity index (χ0n) is 27.1. The lowest BCUT2D eigenvalue weighted by molar-refractivity contribution is 0.189. The molecule has 1 unspecified atom stereocenters. The quantitative estimate of drug-likeness (QED) is 0.177. The number of hydrogen-bond acceptors (Lipinski definition) is 7. The summed E-state index contributed by atoms with van der Waals surface area (Å²) in [6, 6.07) is 14.4. The number of aromatic nitrogens is 4. The molecule has 0 aliphatic heterocycles. The Hall–Kier alpha value is -5.61. The van der Waals surface area contributed by atoms with E-state index in [9.17, 15) is 31.9 Å². The second-order valence-corrected chi connectivity index (χ2v) is 13.9. The fraction of sp³-hybridized carbons (Fsp3) is 0.176. The van der Waals surface area contributed by atoms with Gasteiger partial charge in [0.2, 0.25) is 10.0 Å². The number of anilines is 1. The molecule has 51 heavy (non-hydrogen) atoms. The van der Waals surface area contributed by atoms with Crippen LogP contribution in [0, 0.1) is 17.5 Å². The molecule has 12 nitrogen and oxygen atoms in total. The molecular weight excluding hydrogens is 713 g/mol. The van der Waals surface area contributed by atoms with Crippen molar-refractivity contribution in [3.8, 4) is 11.4 Å². The van der Waals surface area contributed by atoms with Crippen molar-refractivity contribution in [1.29, 1.82) is 0 Å². The van der Waals surface area contributed by atoms with Crippen LogP contribution >= 0.6 is 11.6 Å². The monoisotopic (exact) mass is 740 g/mol. The third kappa shape index (κ3) is 6.92. The summed E-state index contributed by atoms with van der Waals surface area (Å²) >= 11 is 6.72. The Kier molecular flexibility index (Phi) is 9.39. The highest BCUT2D eigenvalue weighted by molar-refractivity contribution is 7.92. The van der Waals surface area contributed by atoms with Crippen molar-refractivity contribution < 1.29 is 36.2 Å². The summed E-state index contributed by atoms with van der Waals surface area (Å²) in [4.78, 5) is 31.0. The maximum atomic E-state index is 15.3. The van der Waals surface area contributed by atoms with E-state index in [1.165, 1.54) is 43.1 Å². The number of benzene rings is 4. The average Bonchev–Trinajstić information content (AvgIpc) is 3.40. The molecule has 0 bridgehead atoms. The number of halogens is 4. The summed E-state index contributed by atoms with van der Waals surface area (Å²) in [5.41, 5.74) is -0.386. The number of amides is 1. The second kappa shape index (κ2) is 13.6. The largest absolute Gasteiger partial charge is 0.497 e. The number of carbonyl (C=O) groups is 1. The predicted octanol–water partition coefficient (Wildman–Crippen LogP) is 5.87. The van der Waals surface area contributed by atoms with Crippen LogP contribution in [0.4, 0.5) is 23.8 Å². The molecule has 2 aromatic heterocycles. The number of methoxy groups -OCH3 is 1. The number of rotatable bonds is 10. The van der Waals surface area contributed by atoms with Crippen LogP contribution in [0.25, 0.3) is 27.5 Å². The molecule has 2 heterocycles. The molecule has 6 rings (SSSR count). The topological polar surface area (TPSA) is 149 Å². The predicted molar refractivity (Wildman–Crippen MR) is 185 cm³/mol. The minimum absolute atomic E-state index is 0.0196.